The van der Waals surface area contributed by atoms with E-state index >= 15 is 0 Å². The minimum absolute atomic E-state index is 0.378. The van der Waals surface area contributed by atoms with E-state index in [1.807, 2.05) is 49.5 Å². The zero-order chi connectivity index (χ0) is 13.2. The van der Waals surface area contributed by atoms with Gasteiger partial charge in [-0.15, -0.1) is 0 Å². The van der Waals surface area contributed by atoms with Crippen molar-refractivity contribution in [1.29, 1.82) is 0 Å². The van der Waals surface area contributed by atoms with Crippen LogP contribution in [0, 0.1) is 0 Å². The summed E-state index contributed by atoms with van der Waals surface area (Å²) in [6, 6.07) is 13.6. The van der Waals surface area contributed by atoms with Crippen LogP contribution < -0.4 is 5.73 Å². The maximum atomic E-state index is 5.60. The number of aryl methyl sites for hydroxylation is 1. The van der Waals surface area contributed by atoms with E-state index < -0.39 is 0 Å². The molecule has 0 spiro atoms. The first-order valence-electron chi connectivity index (χ1n) is 6.03. The monoisotopic (exact) mass is 254 g/mol. The van der Waals surface area contributed by atoms with Crippen LogP contribution in [0.5, 0.6) is 0 Å². The molecule has 0 saturated carbocycles. The van der Waals surface area contributed by atoms with Gasteiger partial charge in [0.2, 0.25) is 0 Å². The first kappa shape index (κ1) is 11.7. The van der Waals surface area contributed by atoms with Gasteiger partial charge in [0.15, 0.2) is 17.4 Å². The molecule has 2 N–H and O–H groups in total. The normalized spacial score (nSPS) is 10.8. The van der Waals surface area contributed by atoms with Gasteiger partial charge in [0.1, 0.15) is 5.76 Å². The fraction of sp³-hybridized carbons (Fsp3) is 0.143. The van der Waals surface area contributed by atoms with Crippen molar-refractivity contribution in [3.63, 3.8) is 0 Å². The van der Waals surface area contributed by atoms with E-state index in [1.165, 1.54) is 0 Å². The molecule has 0 aliphatic carbocycles. The Morgan fingerprint density at radius 2 is 1.95 bits per heavy atom. The Hall–Kier alpha value is -2.40. The highest BCUT2D eigenvalue weighted by Crippen LogP contribution is 2.23. The maximum absolute atomic E-state index is 5.60. The van der Waals surface area contributed by atoms with Gasteiger partial charge in [-0.3, -0.25) is 0 Å². The Labute approximate surface area is 110 Å². The molecule has 0 bridgehead atoms. The molecule has 3 aromatic rings. The highest BCUT2D eigenvalue weighted by Gasteiger charge is 2.13. The summed E-state index contributed by atoms with van der Waals surface area (Å²) in [5.41, 5.74) is 6.52. The van der Waals surface area contributed by atoms with E-state index in [2.05, 4.69) is 10.1 Å². The molecule has 5 nitrogen and oxygen atoms in total. The molecule has 1 aromatic carbocycles. The molecule has 3 rings (SSSR count). The lowest BCUT2D eigenvalue weighted by Crippen LogP contribution is -1.94. The van der Waals surface area contributed by atoms with Crippen LogP contribution in [0.1, 0.15) is 5.76 Å². The lowest BCUT2D eigenvalue weighted by Gasteiger charge is -1.94. The summed E-state index contributed by atoms with van der Waals surface area (Å²) in [5.74, 6) is 2.79. The minimum Gasteiger partial charge on any atom is -0.456 e. The SMILES string of the molecule is Cn1nc(-c2ccccc2)nc1-c1ccc(CN)o1. The average Bonchev–Trinajstić information content (AvgIpc) is 3.06. The van der Waals surface area contributed by atoms with Crippen molar-refractivity contribution in [3.05, 3.63) is 48.2 Å². The second-order valence-corrected chi connectivity index (χ2v) is 4.22. The molecule has 2 heterocycles. The molecule has 2 aromatic heterocycles. The molecule has 19 heavy (non-hydrogen) atoms. The van der Waals surface area contributed by atoms with Gasteiger partial charge in [0.25, 0.3) is 0 Å². The summed E-state index contributed by atoms with van der Waals surface area (Å²) in [4.78, 5) is 4.52. The second kappa shape index (κ2) is 4.70. The van der Waals surface area contributed by atoms with Gasteiger partial charge in [-0.05, 0) is 12.1 Å². The summed E-state index contributed by atoms with van der Waals surface area (Å²) >= 11 is 0. The number of nitrogens with two attached hydrogens (primary N) is 1. The molecule has 5 heteroatoms. The van der Waals surface area contributed by atoms with E-state index in [4.69, 9.17) is 10.2 Å². The van der Waals surface area contributed by atoms with E-state index in [0.717, 1.165) is 11.3 Å². The van der Waals surface area contributed by atoms with Crippen LogP contribution >= 0.6 is 0 Å². The van der Waals surface area contributed by atoms with Gasteiger partial charge in [0.05, 0.1) is 6.54 Å². The van der Waals surface area contributed by atoms with Crippen LogP contribution in [-0.4, -0.2) is 14.8 Å². The number of hydrogen-bond acceptors (Lipinski definition) is 4. The highest BCUT2D eigenvalue weighted by molar-refractivity contribution is 5.58. The van der Waals surface area contributed by atoms with Crippen LogP contribution in [0.2, 0.25) is 0 Å². The fourth-order valence-electron chi connectivity index (χ4n) is 1.92. The van der Waals surface area contributed by atoms with E-state index in [1.54, 1.807) is 4.68 Å². The van der Waals surface area contributed by atoms with Crippen LogP contribution in [-0.2, 0) is 13.6 Å². The average molecular weight is 254 g/mol. The van der Waals surface area contributed by atoms with Gasteiger partial charge < -0.3 is 10.2 Å². The summed E-state index contributed by atoms with van der Waals surface area (Å²) < 4.78 is 7.31. The largest absolute Gasteiger partial charge is 0.456 e. The van der Waals surface area contributed by atoms with Crippen LogP contribution in [0.15, 0.2) is 46.9 Å². The third-order valence-corrected chi connectivity index (χ3v) is 2.88. The fourth-order valence-corrected chi connectivity index (χ4v) is 1.92. The number of furan rings is 1. The first-order valence-corrected chi connectivity index (χ1v) is 6.03. The van der Waals surface area contributed by atoms with E-state index in [9.17, 15) is 0 Å². The molecule has 0 aliphatic heterocycles. The van der Waals surface area contributed by atoms with Crippen molar-refractivity contribution in [1.82, 2.24) is 14.8 Å². The Morgan fingerprint density at radius 3 is 2.63 bits per heavy atom. The Balaban J connectivity index is 2.02. The Bertz CT molecular complexity index is 685. The van der Waals surface area contributed by atoms with Crippen molar-refractivity contribution in [2.75, 3.05) is 0 Å². The van der Waals surface area contributed by atoms with Crippen molar-refractivity contribution >= 4 is 0 Å². The molecular formula is C14H14N4O. The van der Waals surface area contributed by atoms with Crippen LogP contribution in [0.25, 0.3) is 23.0 Å². The van der Waals surface area contributed by atoms with E-state index in [0.29, 0.717) is 24.0 Å². The summed E-state index contributed by atoms with van der Waals surface area (Å²) in [5, 5.41) is 4.41. The Morgan fingerprint density at radius 1 is 1.16 bits per heavy atom. The van der Waals surface area contributed by atoms with Crippen molar-refractivity contribution < 1.29 is 4.42 Å². The quantitative estimate of drug-likeness (QED) is 0.778. The molecule has 96 valence electrons. The van der Waals surface area contributed by atoms with Crippen molar-refractivity contribution in [2.24, 2.45) is 12.8 Å². The molecule has 0 atom stereocenters. The molecule has 0 aliphatic rings. The molecule has 0 amide bonds. The lowest BCUT2D eigenvalue weighted by molar-refractivity contribution is 0.518. The number of benzene rings is 1. The second-order valence-electron chi connectivity index (χ2n) is 4.22. The summed E-state index contributed by atoms with van der Waals surface area (Å²) in [6.45, 7) is 0.378. The number of hydrogen-bond donors (Lipinski definition) is 1. The van der Waals surface area contributed by atoms with Gasteiger partial charge >= 0.3 is 0 Å². The molecule has 0 radical (unpaired) electrons. The van der Waals surface area contributed by atoms with E-state index in [-0.39, 0.29) is 0 Å². The standard InChI is InChI=1S/C14H14N4O/c1-18-14(12-8-7-11(9-15)19-12)16-13(17-18)10-5-3-2-4-6-10/h2-8H,9,15H2,1H3. The predicted molar refractivity (Wildman–Crippen MR) is 72.0 cm³/mol. The van der Waals surface area contributed by atoms with Crippen molar-refractivity contribution in [2.45, 2.75) is 6.54 Å². The van der Waals surface area contributed by atoms with Gasteiger partial charge in [0, 0.05) is 12.6 Å². The van der Waals surface area contributed by atoms with Gasteiger partial charge in [-0.25, -0.2) is 9.67 Å². The number of nitrogens with zero attached hydrogens (tertiary/aromatic N) is 3. The van der Waals surface area contributed by atoms with Gasteiger partial charge in [-0.1, -0.05) is 30.3 Å². The van der Waals surface area contributed by atoms with Crippen LogP contribution in [0.4, 0.5) is 0 Å². The summed E-state index contributed by atoms with van der Waals surface area (Å²) in [6.07, 6.45) is 0. The topological polar surface area (TPSA) is 69.9 Å². The maximum Gasteiger partial charge on any atom is 0.194 e. The number of rotatable bonds is 3. The van der Waals surface area contributed by atoms with Crippen molar-refractivity contribution in [3.8, 4) is 23.0 Å². The first-order chi connectivity index (χ1) is 9.28. The lowest BCUT2D eigenvalue weighted by atomic mass is 10.2. The third kappa shape index (κ3) is 2.15. The van der Waals surface area contributed by atoms with Gasteiger partial charge in [-0.2, -0.15) is 5.10 Å². The molecule has 0 unspecified atom stereocenters. The third-order valence-electron chi connectivity index (χ3n) is 2.88. The van der Waals surface area contributed by atoms with Crippen LogP contribution in [0.3, 0.4) is 0 Å². The smallest absolute Gasteiger partial charge is 0.194 e. The Kier molecular flexibility index (Phi) is 2.89. The zero-order valence-electron chi connectivity index (χ0n) is 10.6. The highest BCUT2D eigenvalue weighted by atomic mass is 16.3. The summed E-state index contributed by atoms with van der Waals surface area (Å²) in [7, 11) is 1.85. The minimum atomic E-state index is 0.378. The molecule has 0 fully saturated rings. The number of aromatic nitrogens is 3. The molecule has 0 saturated heterocycles. The zero-order valence-corrected chi connectivity index (χ0v) is 10.6. The predicted octanol–water partition coefficient (Wildman–Crippen LogP) is 2.20. The molecular weight excluding hydrogens is 240 g/mol.